The molecule has 0 aromatic heterocycles. The molecule has 0 aliphatic heterocycles. The van der Waals surface area contributed by atoms with Gasteiger partial charge in [0.25, 0.3) is 0 Å². The van der Waals surface area contributed by atoms with Crippen LogP contribution in [0.15, 0.2) is 46.9 Å². The Morgan fingerprint density at radius 1 is 1.05 bits per heavy atom. The molecule has 2 aromatic rings. The second kappa shape index (κ2) is 6.02. The van der Waals surface area contributed by atoms with Gasteiger partial charge in [-0.3, -0.25) is 4.79 Å². The Bertz CT molecular complexity index is 671. The van der Waals surface area contributed by atoms with Gasteiger partial charge in [-0.1, -0.05) is 12.2 Å². The Hall–Kier alpha value is -1.92. The van der Waals surface area contributed by atoms with Gasteiger partial charge in [0.2, 0.25) is 5.91 Å². The Kier molecular flexibility index (Phi) is 4.36. The van der Waals surface area contributed by atoms with Crippen LogP contribution in [0, 0.1) is 0 Å². The van der Waals surface area contributed by atoms with Gasteiger partial charge in [-0.05, 0) is 58.4 Å². The van der Waals surface area contributed by atoms with Crippen molar-refractivity contribution in [2.24, 2.45) is 11.5 Å². The van der Waals surface area contributed by atoms with E-state index in [1.165, 1.54) is 0 Å². The highest BCUT2D eigenvalue weighted by molar-refractivity contribution is 9.10. The summed E-state index contributed by atoms with van der Waals surface area (Å²) in [6.45, 7) is 0. The van der Waals surface area contributed by atoms with Gasteiger partial charge in [-0.2, -0.15) is 0 Å². The van der Waals surface area contributed by atoms with Crippen molar-refractivity contribution in [2.45, 2.75) is 0 Å². The van der Waals surface area contributed by atoms with E-state index in [-0.39, 0.29) is 0 Å². The monoisotopic (exact) mass is 350 g/mol. The average Bonchev–Trinajstić information content (AvgIpc) is 2.39. The molecular weight excluding hydrogens is 340 g/mol. The molecule has 6 heteroatoms. The molecular formula is C14H11BrN2O2S. The number of amides is 1. The van der Waals surface area contributed by atoms with Gasteiger partial charge in [-0.25, -0.2) is 0 Å². The number of hydrogen-bond acceptors (Lipinski definition) is 3. The van der Waals surface area contributed by atoms with E-state index in [1.807, 2.05) is 0 Å². The lowest BCUT2D eigenvalue weighted by molar-refractivity contribution is 0.100. The molecule has 20 heavy (non-hydrogen) atoms. The van der Waals surface area contributed by atoms with Crippen LogP contribution < -0.4 is 16.2 Å². The van der Waals surface area contributed by atoms with Crippen LogP contribution in [0.5, 0.6) is 11.5 Å². The minimum absolute atomic E-state index is 0.314. The Labute approximate surface area is 129 Å². The van der Waals surface area contributed by atoms with Crippen molar-refractivity contribution in [3.63, 3.8) is 0 Å². The predicted molar refractivity (Wildman–Crippen MR) is 85.1 cm³/mol. The van der Waals surface area contributed by atoms with E-state index in [4.69, 9.17) is 28.4 Å². The highest BCUT2D eigenvalue weighted by Gasteiger charge is 2.06. The van der Waals surface area contributed by atoms with E-state index < -0.39 is 5.91 Å². The lowest BCUT2D eigenvalue weighted by Gasteiger charge is -2.08. The quantitative estimate of drug-likeness (QED) is 0.830. The number of primary amides is 1. The molecule has 0 spiro atoms. The summed E-state index contributed by atoms with van der Waals surface area (Å²) < 4.78 is 6.42. The molecule has 0 radical (unpaired) electrons. The maximum atomic E-state index is 11.0. The van der Waals surface area contributed by atoms with Crippen molar-refractivity contribution in [2.75, 3.05) is 0 Å². The van der Waals surface area contributed by atoms with Crippen molar-refractivity contribution in [3.05, 3.63) is 58.1 Å². The molecule has 102 valence electrons. The summed E-state index contributed by atoms with van der Waals surface area (Å²) in [6.07, 6.45) is 0. The normalized spacial score (nSPS) is 10.1. The van der Waals surface area contributed by atoms with Gasteiger partial charge in [-0.15, -0.1) is 0 Å². The number of rotatable bonds is 4. The van der Waals surface area contributed by atoms with Crippen molar-refractivity contribution in [3.8, 4) is 11.5 Å². The molecule has 4 nitrogen and oxygen atoms in total. The summed E-state index contributed by atoms with van der Waals surface area (Å²) in [6, 6.07) is 11.9. The maximum absolute atomic E-state index is 11.0. The molecule has 0 aliphatic rings. The van der Waals surface area contributed by atoms with Gasteiger partial charge in [0.15, 0.2) is 0 Å². The zero-order chi connectivity index (χ0) is 14.7. The minimum atomic E-state index is -0.472. The van der Waals surface area contributed by atoms with Gasteiger partial charge in [0.05, 0.1) is 0 Å². The summed E-state index contributed by atoms with van der Waals surface area (Å²) in [5, 5.41) is 0. The molecule has 0 fully saturated rings. The SMILES string of the molecule is NC(=O)c1ccc(Oc2ccc(C(N)=S)c(Br)c2)cc1. The number of benzene rings is 2. The van der Waals surface area contributed by atoms with Crippen LogP contribution in [0.25, 0.3) is 0 Å². The van der Waals surface area contributed by atoms with Crippen LogP contribution >= 0.6 is 28.1 Å². The van der Waals surface area contributed by atoms with E-state index in [0.717, 1.165) is 10.0 Å². The number of halogens is 1. The number of ether oxygens (including phenoxy) is 1. The summed E-state index contributed by atoms with van der Waals surface area (Å²) in [5.41, 5.74) is 11.9. The molecule has 0 unspecified atom stereocenters. The number of hydrogen-bond donors (Lipinski definition) is 2. The first-order valence-corrected chi connectivity index (χ1v) is 6.84. The second-order valence-electron chi connectivity index (χ2n) is 4.00. The molecule has 2 rings (SSSR count). The van der Waals surface area contributed by atoms with Crippen LogP contribution in [0.1, 0.15) is 15.9 Å². The van der Waals surface area contributed by atoms with Gasteiger partial charge in [0, 0.05) is 15.6 Å². The molecule has 0 aliphatic carbocycles. The molecule has 4 N–H and O–H groups in total. The molecule has 0 atom stereocenters. The van der Waals surface area contributed by atoms with Crippen LogP contribution in [0.3, 0.4) is 0 Å². The number of carbonyl (C=O) groups excluding carboxylic acids is 1. The third-order valence-corrected chi connectivity index (χ3v) is 3.46. The van der Waals surface area contributed by atoms with E-state index in [0.29, 0.717) is 22.1 Å². The van der Waals surface area contributed by atoms with Gasteiger partial charge < -0.3 is 16.2 Å². The molecule has 2 aromatic carbocycles. The summed E-state index contributed by atoms with van der Waals surface area (Å²) in [4.78, 5) is 11.3. The first-order chi connectivity index (χ1) is 9.47. The molecule has 0 heterocycles. The smallest absolute Gasteiger partial charge is 0.248 e. The highest BCUT2D eigenvalue weighted by Crippen LogP contribution is 2.27. The number of thiocarbonyl (C=S) groups is 1. The minimum Gasteiger partial charge on any atom is -0.457 e. The lowest BCUT2D eigenvalue weighted by Crippen LogP contribution is -2.10. The number of nitrogens with two attached hydrogens (primary N) is 2. The fraction of sp³-hybridized carbons (Fsp3) is 0. The topological polar surface area (TPSA) is 78.3 Å². The zero-order valence-electron chi connectivity index (χ0n) is 10.3. The third-order valence-electron chi connectivity index (χ3n) is 2.58. The highest BCUT2D eigenvalue weighted by atomic mass is 79.9. The average molecular weight is 351 g/mol. The maximum Gasteiger partial charge on any atom is 0.248 e. The van der Waals surface area contributed by atoms with Crippen molar-refractivity contribution < 1.29 is 9.53 Å². The molecule has 0 bridgehead atoms. The predicted octanol–water partition coefficient (Wildman–Crippen LogP) is 2.97. The van der Waals surface area contributed by atoms with Crippen molar-refractivity contribution in [1.29, 1.82) is 0 Å². The molecule has 0 saturated heterocycles. The Morgan fingerprint density at radius 3 is 2.15 bits per heavy atom. The zero-order valence-corrected chi connectivity index (χ0v) is 12.7. The summed E-state index contributed by atoms with van der Waals surface area (Å²) in [7, 11) is 0. The van der Waals surface area contributed by atoms with Gasteiger partial charge in [0.1, 0.15) is 16.5 Å². The Balaban J connectivity index is 2.19. The summed E-state index contributed by atoms with van der Waals surface area (Å²) in [5.74, 6) is 0.758. The molecule has 0 saturated carbocycles. The third kappa shape index (κ3) is 3.34. The van der Waals surface area contributed by atoms with Crippen LogP contribution in [0.4, 0.5) is 0 Å². The van der Waals surface area contributed by atoms with E-state index >= 15 is 0 Å². The van der Waals surface area contributed by atoms with E-state index in [1.54, 1.807) is 42.5 Å². The largest absolute Gasteiger partial charge is 0.457 e. The van der Waals surface area contributed by atoms with Crippen LogP contribution in [-0.2, 0) is 0 Å². The van der Waals surface area contributed by atoms with E-state index in [2.05, 4.69) is 15.9 Å². The van der Waals surface area contributed by atoms with Crippen LogP contribution in [0.2, 0.25) is 0 Å². The second-order valence-corrected chi connectivity index (χ2v) is 5.29. The first-order valence-electron chi connectivity index (χ1n) is 5.64. The van der Waals surface area contributed by atoms with Gasteiger partial charge >= 0.3 is 0 Å². The fourth-order valence-electron chi connectivity index (χ4n) is 1.58. The number of carbonyl (C=O) groups is 1. The lowest BCUT2D eigenvalue weighted by atomic mass is 10.2. The standard InChI is InChI=1S/C14H11BrN2O2S/c15-12-7-10(5-6-11(12)14(17)20)19-9-3-1-8(2-4-9)13(16)18/h1-7H,(H2,16,18)(H2,17,20). The molecule has 1 amide bonds. The van der Waals surface area contributed by atoms with Crippen molar-refractivity contribution >= 4 is 39.0 Å². The fourth-order valence-corrected chi connectivity index (χ4v) is 2.46. The van der Waals surface area contributed by atoms with E-state index in [9.17, 15) is 4.79 Å². The first kappa shape index (κ1) is 14.5. The Morgan fingerprint density at radius 2 is 1.65 bits per heavy atom. The summed E-state index contributed by atoms with van der Waals surface area (Å²) >= 11 is 8.31. The van der Waals surface area contributed by atoms with Crippen LogP contribution in [-0.4, -0.2) is 10.9 Å². The van der Waals surface area contributed by atoms with Crippen molar-refractivity contribution in [1.82, 2.24) is 0 Å².